The third kappa shape index (κ3) is 3.30. The van der Waals surface area contributed by atoms with Crippen molar-refractivity contribution in [2.24, 2.45) is 0 Å². The minimum absolute atomic E-state index is 0.463. The minimum Gasteiger partial charge on any atom is -0.319 e. The van der Waals surface area contributed by atoms with Crippen LogP contribution < -0.4 is 5.32 Å². The number of hydrogen-bond acceptors (Lipinski definition) is 1. The smallest absolute Gasteiger partial charge is 0.0211 e. The zero-order valence-electron chi connectivity index (χ0n) is 10.1. The lowest BCUT2D eigenvalue weighted by atomic mass is 9.88. The van der Waals surface area contributed by atoms with Crippen molar-refractivity contribution >= 4 is 15.9 Å². The summed E-state index contributed by atoms with van der Waals surface area (Å²) in [6.45, 7) is 0.984. The molecular weight excluding hydrogens is 274 g/mol. The van der Waals surface area contributed by atoms with Gasteiger partial charge in [-0.25, -0.2) is 0 Å². The van der Waals surface area contributed by atoms with Crippen LogP contribution in [0.15, 0.2) is 52.5 Å². The molecule has 1 unspecified atom stereocenters. The van der Waals surface area contributed by atoms with E-state index in [2.05, 4.69) is 63.7 Å². The lowest BCUT2D eigenvalue weighted by Crippen LogP contribution is -2.19. The van der Waals surface area contributed by atoms with Gasteiger partial charge in [0, 0.05) is 16.9 Å². The van der Waals surface area contributed by atoms with Crippen LogP contribution in [-0.4, -0.2) is 13.6 Å². The van der Waals surface area contributed by atoms with Crippen LogP contribution in [0.25, 0.3) is 0 Å². The molecule has 0 spiro atoms. The third-order valence-electron chi connectivity index (χ3n) is 3.11. The maximum atomic E-state index is 3.49. The Kier molecular flexibility index (Phi) is 4.57. The first kappa shape index (κ1) is 12.6. The molecule has 0 saturated heterocycles. The SMILES string of the molecule is CNCC(C1=CCCC=C1)c1ccc(Br)cc1. The molecule has 90 valence electrons. The molecule has 0 heterocycles. The number of allylic oxidation sites excluding steroid dienone is 3. The first-order valence-electron chi connectivity index (χ1n) is 6.08. The third-order valence-corrected chi connectivity index (χ3v) is 3.64. The average molecular weight is 292 g/mol. The van der Waals surface area contributed by atoms with E-state index in [1.165, 1.54) is 24.0 Å². The normalized spacial score (nSPS) is 16.7. The maximum Gasteiger partial charge on any atom is 0.0211 e. The summed E-state index contributed by atoms with van der Waals surface area (Å²) in [6, 6.07) is 8.64. The number of halogens is 1. The number of nitrogens with one attached hydrogen (secondary N) is 1. The molecule has 17 heavy (non-hydrogen) atoms. The van der Waals surface area contributed by atoms with Crippen LogP contribution in [0.4, 0.5) is 0 Å². The van der Waals surface area contributed by atoms with E-state index in [9.17, 15) is 0 Å². The van der Waals surface area contributed by atoms with Gasteiger partial charge in [-0.2, -0.15) is 0 Å². The van der Waals surface area contributed by atoms with E-state index < -0.39 is 0 Å². The number of likely N-dealkylation sites (N-methyl/N-ethyl adjacent to an activating group) is 1. The quantitative estimate of drug-likeness (QED) is 0.883. The molecule has 1 atom stereocenters. The highest BCUT2D eigenvalue weighted by Gasteiger charge is 2.14. The van der Waals surface area contributed by atoms with Crippen LogP contribution in [0.2, 0.25) is 0 Å². The summed E-state index contributed by atoms with van der Waals surface area (Å²) in [7, 11) is 2.01. The second kappa shape index (κ2) is 6.18. The number of benzene rings is 1. The second-order valence-corrected chi connectivity index (χ2v) is 5.26. The molecule has 2 rings (SSSR count). The molecule has 0 saturated carbocycles. The Hall–Kier alpha value is -0.860. The van der Waals surface area contributed by atoms with Crippen molar-refractivity contribution in [2.45, 2.75) is 18.8 Å². The molecule has 1 aromatic carbocycles. The molecule has 1 nitrogen and oxygen atoms in total. The predicted octanol–water partition coefficient (Wildman–Crippen LogP) is 4.03. The zero-order chi connectivity index (χ0) is 12.1. The largest absolute Gasteiger partial charge is 0.319 e. The van der Waals surface area contributed by atoms with Gasteiger partial charge >= 0.3 is 0 Å². The molecule has 0 aliphatic heterocycles. The first-order chi connectivity index (χ1) is 8.31. The van der Waals surface area contributed by atoms with Crippen LogP contribution in [0.3, 0.4) is 0 Å². The molecule has 0 radical (unpaired) electrons. The zero-order valence-corrected chi connectivity index (χ0v) is 11.7. The van der Waals surface area contributed by atoms with Crippen LogP contribution in [0.1, 0.15) is 24.3 Å². The van der Waals surface area contributed by atoms with E-state index >= 15 is 0 Å². The first-order valence-corrected chi connectivity index (χ1v) is 6.87. The lowest BCUT2D eigenvalue weighted by molar-refractivity contribution is 0.701. The topological polar surface area (TPSA) is 12.0 Å². The molecule has 0 bridgehead atoms. The summed E-state index contributed by atoms with van der Waals surface area (Å²) in [4.78, 5) is 0. The van der Waals surface area contributed by atoms with Crippen molar-refractivity contribution in [3.05, 3.63) is 58.1 Å². The Labute approximate surface area is 112 Å². The molecule has 1 N–H and O–H groups in total. The van der Waals surface area contributed by atoms with E-state index in [0.717, 1.165) is 11.0 Å². The summed E-state index contributed by atoms with van der Waals surface area (Å²) in [5.74, 6) is 0.463. The molecule has 0 aromatic heterocycles. The van der Waals surface area contributed by atoms with Gasteiger partial charge in [0.2, 0.25) is 0 Å². The molecule has 0 amide bonds. The van der Waals surface area contributed by atoms with Crippen LogP contribution in [0, 0.1) is 0 Å². The summed E-state index contributed by atoms with van der Waals surface area (Å²) in [5.41, 5.74) is 2.81. The van der Waals surface area contributed by atoms with Crippen molar-refractivity contribution in [1.29, 1.82) is 0 Å². The predicted molar refractivity (Wildman–Crippen MR) is 77.3 cm³/mol. The van der Waals surface area contributed by atoms with E-state index in [1.807, 2.05) is 7.05 Å². The summed E-state index contributed by atoms with van der Waals surface area (Å²) in [6.07, 6.45) is 9.26. The van der Waals surface area contributed by atoms with Gasteiger partial charge in [0.1, 0.15) is 0 Å². The molecule has 1 aromatic rings. The van der Waals surface area contributed by atoms with Gasteiger partial charge in [-0.1, -0.05) is 46.3 Å². The summed E-state index contributed by atoms with van der Waals surface area (Å²) < 4.78 is 1.14. The number of rotatable bonds is 4. The Morgan fingerprint density at radius 3 is 2.59 bits per heavy atom. The van der Waals surface area contributed by atoms with Gasteiger partial charge in [-0.15, -0.1) is 0 Å². The molecule has 1 aliphatic carbocycles. The Morgan fingerprint density at radius 2 is 2.00 bits per heavy atom. The van der Waals surface area contributed by atoms with Gasteiger partial charge in [0.05, 0.1) is 0 Å². The van der Waals surface area contributed by atoms with Gasteiger partial charge in [-0.05, 0) is 43.2 Å². The van der Waals surface area contributed by atoms with Gasteiger partial charge in [-0.3, -0.25) is 0 Å². The van der Waals surface area contributed by atoms with Crippen LogP contribution >= 0.6 is 15.9 Å². The monoisotopic (exact) mass is 291 g/mol. The fourth-order valence-electron chi connectivity index (χ4n) is 2.22. The van der Waals surface area contributed by atoms with Crippen molar-refractivity contribution in [3.63, 3.8) is 0 Å². The maximum absolute atomic E-state index is 3.49. The Bertz CT molecular complexity index is 417. The fraction of sp³-hybridized carbons (Fsp3) is 0.333. The highest BCUT2D eigenvalue weighted by atomic mass is 79.9. The molecule has 1 aliphatic rings. The van der Waals surface area contributed by atoms with E-state index in [1.54, 1.807) is 0 Å². The van der Waals surface area contributed by atoms with Crippen LogP contribution in [-0.2, 0) is 0 Å². The fourth-order valence-corrected chi connectivity index (χ4v) is 2.48. The lowest BCUT2D eigenvalue weighted by Gasteiger charge is -2.20. The van der Waals surface area contributed by atoms with Gasteiger partial charge in [0.15, 0.2) is 0 Å². The van der Waals surface area contributed by atoms with Crippen molar-refractivity contribution in [3.8, 4) is 0 Å². The average Bonchev–Trinajstić information content (AvgIpc) is 2.38. The Morgan fingerprint density at radius 1 is 1.24 bits per heavy atom. The highest BCUT2D eigenvalue weighted by molar-refractivity contribution is 9.10. The molecule has 0 fully saturated rings. The molecular formula is C15H18BrN. The van der Waals surface area contributed by atoms with E-state index in [-0.39, 0.29) is 0 Å². The standard InChI is InChI=1S/C15H18BrN/c1-17-11-15(12-5-3-2-4-6-12)13-7-9-14(16)10-8-13/h3,5-10,15,17H,2,4,11H2,1H3. The van der Waals surface area contributed by atoms with Crippen LogP contribution in [0.5, 0.6) is 0 Å². The summed E-state index contributed by atoms with van der Waals surface area (Å²) in [5, 5.41) is 3.29. The highest BCUT2D eigenvalue weighted by Crippen LogP contribution is 2.28. The van der Waals surface area contributed by atoms with Crippen molar-refractivity contribution < 1.29 is 0 Å². The Balaban J connectivity index is 2.25. The van der Waals surface area contributed by atoms with E-state index in [4.69, 9.17) is 0 Å². The molecule has 2 heteroatoms. The van der Waals surface area contributed by atoms with Gasteiger partial charge < -0.3 is 5.32 Å². The second-order valence-electron chi connectivity index (χ2n) is 4.35. The van der Waals surface area contributed by atoms with Crippen molar-refractivity contribution in [1.82, 2.24) is 5.32 Å². The minimum atomic E-state index is 0.463. The number of hydrogen-bond donors (Lipinski definition) is 1. The van der Waals surface area contributed by atoms with Gasteiger partial charge in [0.25, 0.3) is 0 Å². The summed E-state index contributed by atoms with van der Waals surface area (Å²) >= 11 is 3.49. The van der Waals surface area contributed by atoms with Crippen molar-refractivity contribution in [2.75, 3.05) is 13.6 Å². The van der Waals surface area contributed by atoms with E-state index in [0.29, 0.717) is 5.92 Å².